The zero-order valence-corrected chi connectivity index (χ0v) is 16.7. The Balaban J connectivity index is 1.79. The first-order valence-electron chi connectivity index (χ1n) is 7.33. The maximum absolute atomic E-state index is 12.5. The van der Waals surface area contributed by atoms with Gasteiger partial charge in [0.2, 0.25) is 0 Å². The van der Waals surface area contributed by atoms with E-state index in [4.69, 9.17) is 0 Å². The standard InChI is InChI=1S/C16H17Br2N3OS/c1-20-6-8-21(9-7-20)13-5-3-2-4-12(13)19-16(22)14-10-11(17)15(18)23-14/h2-5,10H,6-9H2,1H3,(H,19,22). The second-order valence-corrected chi connectivity index (χ2v) is 8.72. The first-order chi connectivity index (χ1) is 11.0. The van der Waals surface area contributed by atoms with E-state index in [2.05, 4.69) is 60.1 Å². The van der Waals surface area contributed by atoms with Gasteiger partial charge in [0.1, 0.15) is 0 Å². The summed E-state index contributed by atoms with van der Waals surface area (Å²) in [6, 6.07) is 9.84. The molecule has 0 unspecified atom stereocenters. The van der Waals surface area contributed by atoms with Crippen molar-refractivity contribution in [3.05, 3.63) is 43.5 Å². The fraction of sp³-hybridized carbons (Fsp3) is 0.312. The number of carbonyl (C=O) groups excluding carboxylic acids is 1. The summed E-state index contributed by atoms with van der Waals surface area (Å²) in [6.07, 6.45) is 0. The van der Waals surface area contributed by atoms with Crippen LogP contribution in [0.5, 0.6) is 0 Å². The van der Waals surface area contributed by atoms with Gasteiger partial charge in [0.05, 0.1) is 20.0 Å². The average molecular weight is 459 g/mol. The van der Waals surface area contributed by atoms with E-state index in [1.54, 1.807) is 0 Å². The summed E-state index contributed by atoms with van der Waals surface area (Å²) >= 11 is 8.28. The van der Waals surface area contributed by atoms with Crippen LogP contribution < -0.4 is 10.2 Å². The fourth-order valence-electron chi connectivity index (χ4n) is 2.54. The second-order valence-electron chi connectivity index (χ2n) is 5.49. The van der Waals surface area contributed by atoms with Crippen LogP contribution in [-0.2, 0) is 0 Å². The van der Waals surface area contributed by atoms with Crippen LogP contribution in [-0.4, -0.2) is 44.0 Å². The fourth-order valence-corrected chi connectivity index (χ4v) is 4.48. The first-order valence-corrected chi connectivity index (χ1v) is 9.73. The minimum Gasteiger partial charge on any atom is -0.367 e. The first kappa shape index (κ1) is 17.0. The highest BCUT2D eigenvalue weighted by Gasteiger charge is 2.19. The monoisotopic (exact) mass is 457 g/mol. The maximum Gasteiger partial charge on any atom is 0.265 e. The zero-order valence-electron chi connectivity index (χ0n) is 12.7. The number of hydrogen-bond donors (Lipinski definition) is 1. The van der Waals surface area contributed by atoms with E-state index < -0.39 is 0 Å². The SMILES string of the molecule is CN1CCN(c2ccccc2NC(=O)c2cc(Br)c(Br)s2)CC1. The maximum atomic E-state index is 12.5. The van der Waals surface area contributed by atoms with Crippen molar-refractivity contribution in [3.8, 4) is 0 Å². The summed E-state index contributed by atoms with van der Waals surface area (Å²) in [5, 5.41) is 3.05. The van der Waals surface area contributed by atoms with Crippen LogP contribution >= 0.6 is 43.2 Å². The van der Waals surface area contributed by atoms with E-state index in [9.17, 15) is 4.79 Å². The van der Waals surface area contributed by atoms with Crippen LogP contribution in [0.25, 0.3) is 0 Å². The summed E-state index contributed by atoms with van der Waals surface area (Å²) in [5.41, 5.74) is 1.95. The van der Waals surface area contributed by atoms with Gasteiger partial charge in [-0.2, -0.15) is 0 Å². The molecule has 1 saturated heterocycles. The minimum atomic E-state index is -0.0806. The number of thiophene rings is 1. The van der Waals surface area contributed by atoms with Crippen LogP contribution in [0.3, 0.4) is 0 Å². The molecule has 7 heteroatoms. The predicted octanol–water partition coefficient (Wildman–Crippen LogP) is 4.28. The van der Waals surface area contributed by atoms with Crippen molar-refractivity contribution in [2.75, 3.05) is 43.4 Å². The van der Waals surface area contributed by atoms with Gasteiger partial charge in [0.15, 0.2) is 0 Å². The van der Waals surface area contributed by atoms with Gasteiger partial charge in [-0.15, -0.1) is 11.3 Å². The van der Waals surface area contributed by atoms with Gasteiger partial charge in [-0.1, -0.05) is 12.1 Å². The van der Waals surface area contributed by atoms with Crippen molar-refractivity contribution >= 4 is 60.5 Å². The van der Waals surface area contributed by atoms with Gasteiger partial charge in [-0.3, -0.25) is 4.79 Å². The number of nitrogens with zero attached hydrogens (tertiary/aromatic N) is 2. The average Bonchev–Trinajstić information content (AvgIpc) is 2.88. The topological polar surface area (TPSA) is 35.6 Å². The van der Waals surface area contributed by atoms with Crippen molar-refractivity contribution in [1.82, 2.24) is 4.90 Å². The molecule has 0 atom stereocenters. The number of nitrogens with one attached hydrogen (secondary N) is 1. The van der Waals surface area contributed by atoms with Gasteiger partial charge in [-0.05, 0) is 57.1 Å². The molecule has 0 saturated carbocycles. The Morgan fingerprint density at radius 3 is 2.52 bits per heavy atom. The summed E-state index contributed by atoms with van der Waals surface area (Å²) in [6.45, 7) is 4.01. The Morgan fingerprint density at radius 2 is 1.87 bits per heavy atom. The molecule has 2 aromatic rings. The van der Waals surface area contributed by atoms with Crippen LogP contribution in [0.2, 0.25) is 0 Å². The molecule has 3 rings (SSSR count). The number of piperazine rings is 1. The Morgan fingerprint density at radius 1 is 1.17 bits per heavy atom. The molecular weight excluding hydrogens is 442 g/mol. The largest absolute Gasteiger partial charge is 0.367 e. The quantitative estimate of drug-likeness (QED) is 0.745. The smallest absolute Gasteiger partial charge is 0.265 e. The molecule has 4 nitrogen and oxygen atoms in total. The third-order valence-electron chi connectivity index (χ3n) is 3.87. The highest BCUT2D eigenvalue weighted by molar-refractivity contribution is 9.13. The molecule has 122 valence electrons. The lowest BCUT2D eigenvalue weighted by atomic mass is 10.2. The number of hydrogen-bond acceptors (Lipinski definition) is 4. The number of carbonyl (C=O) groups is 1. The van der Waals surface area contributed by atoms with Crippen molar-refractivity contribution < 1.29 is 4.79 Å². The van der Waals surface area contributed by atoms with Crippen molar-refractivity contribution in [2.45, 2.75) is 0 Å². The Hall–Kier alpha value is -0.890. The van der Waals surface area contributed by atoms with Gasteiger partial charge in [0, 0.05) is 30.7 Å². The van der Waals surface area contributed by atoms with E-state index in [1.807, 2.05) is 24.3 Å². The normalized spacial score (nSPS) is 15.7. The Kier molecular flexibility index (Phi) is 5.41. The highest BCUT2D eigenvalue weighted by Crippen LogP contribution is 2.33. The van der Waals surface area contributed by atoms with E-state index in [1.165, 1.54) is 11.3 Å². The lowest BCUT2D eigenvalue weighted by molar-refractivity contribution is 0.103. The molecule has 1 aromatic carbocycles. The summed E-state index contributed by atoms with van der Waals surface area (Å²) in [5.74, 6) is -0.0806. The Bertz CT molecular complexity index is 692. The lowest BCUT2D eigenvalue weighted by Gasteiger charge is -2.35. The third-order valence-corrected chi connectivity index (χ3v) is 7.12. The van der Waals surface area contributed by atoms with Crippen LogP contribution in [0.15, 0.2) is 38.6 Å². The van der Waals surface area contributed by atoms with Crippen LogP contribution in [0, 0.1) is 0 Å². The lowest BCUT2D eigenvalue weighted by Crippen LogP contribution is -2.44. The van der Waals surface area contributed by atoms with Crippen molar-refractivity contribution in [1.29, 1.82) is 0 Å². The molecule has 1 fully saturated rings. The molecule has 0 aliphatic carbocycles. The second kappa shape index (κ2) is 7.34. The number of amides is 1. The predicted molar refractivity (Wildman–Crippen MR) is 104 cm³/mol. The molecule has 0 bridgehead atoms. The molecule has 1 aromatic heterocycles. The Labute approximate surface area is 156 Å². The number of para-hydroxylation sites is 2. The number of rotatable bonds is 3. The van der Waals surface area contributed by atoms with E-state index in [0.29, 0.717) is 4.88 Å². The number of halogens is 2. The third kappa shape index (κ3) is 3.96. The van der Waals surface area contributed by atoms with Gasteiger partial charge < -0.3 is 15.1 Å². The van der Waals surface area contributed by atoms with Crippen molar-refractivity contribution in [2.24, 2.45) is 0 Å². The van der Waals surface area contributed by atoms with Gasteiger partial charge >= 0.3 is 0 Å². The molecule has 1 aliphatic rings. The molecule has 1 aliphatic heterocycles. The van der Waals surface area contributed by atoms with Gasteiger partial charge in [0.25, 0.3) is 5.91 Å². The molecular formula is C16H17Br2N3OS. The van der Waals surface area contributed by atoms with E-state index in [0.717, 1.165) is 45.8 Å². The molecule has 23 heavy (non-hydrogen) atoms. The number of likely N-dealkylation sites (N-methyl/N-ethyl adjacent to an activating group) is 1. The summed E-state index contributed by atoms with van der Waals surface area (Å²) in [4.78, 5) is 17.8. The van der Waals surface area contributed by atoms with E-state index >= 15 is 0 Å². The number of benzene rings is 1. The molecule has 0 radical (unpaired) electrons. The molecule has 1 N–H and O–H groups in total. The molecule has 1 amide bonds. The van der Waals surface area contributed by atoms with Crippen molar-refractivity contribution in [3.63, 3.8) is 0 Å². The van der Waals surface area contributed by atoms with Gasteiger partial charge in [-0.25, -0.2) is 0 Å². The summed E-state index contributed by atoms with van der Waals surface area (Å²) in [7, 11) is 2.14. The number of anilines is 2. The zero-order chi connectivity index (χ0) is 16.4. The highest BCUT2D eigenvalue weighted by atomic mass is 79.9. The van der Waals surface area contributed by atoms with E-state index in [-0.39, 0.29) is 5.91 Å². The summed E-state index contributed by atoms with van der Waals surface area (Å²) < 4.78 is 1.83. The minimum absolute atomic E-state index is 0.0806. The van der Waals surface area contributed by atoms with Crippen LogP contribution in [0.1, 0.15) is 9.67 Å². The van der Waals surface area contributed by atoms with Crippen LogP contribution in [0.4, 0.5) is 11.4 Å². The molecule has 0 spiro atoms. The molecule has 2 heterocycles.